The molecule has 0 fully saturated rings. The van der Waals surface area contributed by atoms with Crippen LogP contribution in [-0.2, 0) is 22.5 Å². The van der Waals surface area contributed by atoms with Gasteiger partial charge in [-0.3, -0.25) is 9.59 Å². The molecule has 0 amide bonds. The quantitative estimate of drug-likeness (QED) is 0.521. The number of rotatable bonds is 7. The molecule has 0 saturated heterocycles. The molecule has 0 saturated carbocycles. The summed E-state index contributed by atoms with van der Waals surface area (Å²) in [5, 5.41) is 10.6. The van der Waals surface area contributed by atoms with E-state index in [1.165, 1.54) is 18.4 Å². The number of carbonyl (C=O) groups excluding carboxylic acids is 1. The number of hydrogen-bond donors (Lipinski definition) is 2. The second kappa shape index (κ2) is 8.74. The summed E-state index contributed by atoms with van der Waals surface area (Å²) >= 11 is 4.83. The normalized spacial score (nSPS) is 12.1. The number of esters is 1. The zero-order valence-corrected chi connectivity index (χ0v) is 17.8. The third-order valence-corrected chi connectivity index (χ3v) is 6.30. The molecule has 0 aliphatic heterocycles. The summed E-state index contributed by atoms with van der Waals surface area (Å²) in [6.45, 7) is 2.20. The summed E-state index contributed by atoms with van der Waals surface area (Å²) in [6.07, 6.45) is 3.87. The predicted molar refractivity (Wildman–Crippen MR) is 110 cm³/mol. The summed E-state index contributed by atoms with van der Waals surface area (Å²) in [4.78, 5) is 33.1. The Balaban J connectivity index is 2.05. The maximum absolute atomic E-state index is 13.3. The number of aromatic amines is 1. The highest BCUT2D eigenvalue weighted by atomic mass is 79.9. The van der Waals surface area contributed by atoms with Gasteiger partial charge in [0, 0.05) is 41.3 Å². The number of H-pyrrole nitrogens is 1. The summed E-state index contributed by atoms with van der Waals surface area (Å²) in [6, 6.07) is 5.26. The van der Waals surface area contributed by atoms with E-state index in [9.17, 15) is 14.7 Å². The van der Waals surface area contributed by atoms with E-state index in [4.69, 9.17) is 4.74 Å². The van der Waals surface area contributed by atoms with Crippen LogP contribution in [0.2, 0.25) is 0 Å². The number of aromatic nitrogens is 3. The maximum Gasteiger partial charge on any atom is 0.306 e. The highest BCUT2D eigenvalue weighted by molar-refractivity contribution is 9.11. The summed E-state index contributed by atoms with van der Waals surface area (Å²) in [5.74, 6) is -1.15. The van der Waals surface area contributed by atoms with Crippen molar-refractivity contribution >= 4 is 33.2 Å². The van der Waals surface area contributed by atoms with Crippen molar-refractivity contribution < 1.29 is 14.6 Å². The minimum Gasteiger partial charge on any atom is -0.507 e. The molecule has 3 heterocycles. The van der Waals surface area contributed by atoms with Crippen LogP contribution in [0.25, 0.3) is 0 Å². The first-order chi connectivity index (χ1) is 13.4. The van der Waals surface area contributed by atoms with Crippen molar-refractivity contribution in [1.29, 1.82) is 0 Å². The van der Waals surface area contributed by atoms with Crippen molar-refractivity contribution in [3.05, 3.63) is 66.7 Å². The van der Waals surface area contributed by atoms with Gasteiger partial charge in [0.25, 0.3) is 5.56 Å². The minimum atomic E-state index is -0.588. The number of aromatic hydroxyl groups is 1. The summed E-state index contributed by atoms with van der Waals surface area (Å²) < 4.78 is 7.31. The first-order valence-electron chi connectivity index (χ1n) is 8.63. The fraction of sp³-hybridized carbons (Fsp3) is 0.316. The summed E-state index contributed by atoms with van der Waals surface area (Å²) in [7, 11) is 1.31. The first-order valence-corrected chi connectivity index (χ1v) is 10.2. The number of thiophene rings is 1. The van der Waals surface area contributed by atoms with Crippen LogP contribution in [0, 0.1) is 6.92 Å². The van der Waals surface area contributed by atoms with Crippen LogP contribution >= 0.6 is 27.3 Å². The van der Waals surface area contributed by atoms with E-state index in [2.05, 4.69) is 25.9 Å². The Hall–Kier alpha value is -2.39. The van der Waals surface area contributed by atoms with Gasteiger partial charge in [0.05, 0.1) is 29.2 Å². The number of pyridine rings is 1. The van der Waals surface area contributed by atoms with Gasteiger partial charge in [-0.1, -0.05) is 0 Å². The molecule has 1 atom stereocenters. The molecule has 3 aromatic heterocycles. The molecule has 0 spiro atoms. The fourth-order valence-corrected chi connectivity index (χ4v) is 4.67. The SMILES string of the molecule is COC(=O)C[C@@H](c1ccc(Br)s1)c1c(O)cc(C)n(CCc2cnc[nH]2)c1=O. The van der Waals surface area contributed by atoms with Crippen LogP contribution in [0.15, 0.2) is 39.3 Å². The third kappa shape index (κ3) is 4.36. The molecule has 0 radical (unpaired) electrons. The lowest BCUT2D eigenvalue weighted by Crippen LogP contribution is -2.29. The number of nitrogens with zero attached hydrogens (tertiary/aromatic N) is 2. The number of imidazole rings is 1. The molecule has 0 aromatic carbocycles. The van der Waals surface area contributed by atoms with Gasteiger partial charge in [-0.15, -0.1) is 11.3 Å². The zero-order valence-electron chi connectivity index (χ0n) is 15.4. The number of nitrogens with one attached hydrogen (secondary N) is 1. The van der Waals surface area contributed by atoms with E-state index in [-0.39, 0.29) is 23.3 Å². The zero-order chi connectivity index (χ0) is 20.3. The Bertz CT molecular complexity index is 1030. The highest BCUT2D eigenvalue weighted by Crippen LogP contribution is 2.37. The number of ether oxygens (including phenoxy) is 1. The lowest BCUT2D eigenvalue weighted by molar-refractivity contribution is -0.140. The Morgan fingerprint density at radius 2 is 2.25 bits per heavy atom. The third-order valence-electron chi connectivity index (χ3n) is 4.57. The van der Waals surface area contributed by atoms with Crippen molar-refractivity contribution in [2.75, 3.05) is 7.11 Å². The maximum atomic E-state index is 13.3. The van der Waals surface area contributed by atoms with Gasteiger partial charge in [0.2, 0.25) is 0 Å². The molecule has 0 bridgehead atoms. The van der Waals surface area contributed by atoms with E-state index in [1.54, 1.807) is 30.1 Å². The minimum absolute atomic E-state index is 0.0319. The van der Waals surface area contributed by atoms with E-state index in [0.717, 1.165) is 14.4 Å². The topological polar surface area (TPSA) is 97.2 Å². The van der Waals surface area contributed by atoms with E-state index in [0.29, 0.717) is 18.7 Å². The second-order valence-corrected chi connectivity index (χ2v) is 8.84. The second-order valence-electron chi connectivity index (χ2n) is 6.34. The summed E-state index contributed by atoms with van der Waals surface area (Å²) in [5.41, 5.74) is 1.45. The standard InChI is InChI=1S/C19H20BrN3O4S/c1-11-7-14(24)18(19(26)23(11)6-5-12-9-21-10-22-12)13(8-17(25)27-2)15-3-4-16(20)28-15/h3-4,7,9-10,13,24H,5-6,8H2,1-2H3,(H,21,22)/t13-/m0/s1. The van der Waals surface area contributed by atoms with Gasteiger partial charge < -0.3 is 19.4 Å². The molecule has 148 valence electrons. The smallest absolute Gasteiger partial charge is 0.306 e. The number of hydrogen-bond acceptors (Lipinski definition) is 6. The largest absolute Gasteiger partial charge is 0.507 e. The Kier molecular flexibility index (Phi) is 6.35. The van der Waals surface area contributed by atoms with Crippen molar-refractivity contribution in [3.8, 4) is 5.75 Å². The van der Waals surface area contributed by atoms with Crippen molar-refractivity contribution in [2.24, 2.45) is 0 Å². The molecule has 2 N–H and O–H groups in total. The van der Waals surface area contributed by atoms with Crippen LogP contribution in [0.1, 0.15) is 34.2 Å². The van der Waals surface area contributed by atoms with Gasteiger partial charge in [-0.05, 0) is 41.1 Å². The van der Waals surface area contributed by atoms with Crippen molar-refractivity contribution in [2.45, 2.75) is 32.2 Å². The molecule has 7 nitrogen and oxygen atoms in total. The average Bonchev–Trinajstić information content (AvgIpc) is 3.31. The van der Waals surface area contributed by atoms with E-state index in [1.807, 2.05) is 12.1 Å². The Labute approximate surface area is 174 Å². The Morgan fingerprint density at radius 1 is 1.46 bits per heavy atom. The number of methoxy groups -OCH3 is 1. The van der Waals surface area contributed by atoms with Crippen LogP contribution < -0.4 is 5.56 Å². The molecule has 3 rings (SSSR count). The van der Waals surface area contributed by atoms with Crippen LogP contribution in [0.4, 0.5) is 0 Å². The lowest BCUT2D eigenvalue weighted by atomic mass is 9.94. The molecule has 3 aromatic rings. The molecule has 28 heavy (non-hydrogen) atoms. The Morgan fingerprint density at radius 3 is 2.86 bits per heavy atom. The van der Waals surface area contributed by atoms with Gasteiger partial charge in [0.15, 0.2) is 0 Å². The molecular formula is C19H20BrN3O4S. The van der Waals surface area contributed by atoms with Crippen molar-refractivity contribution in [1.82, 2.24) is 14.5 Å². The monoisotopic (exact) mass is 465 g/mol. The first kappa shape index (κ1) is 20.3. The van der Waals surface area contributed by atoms with Gasteiger partial charge in [-0.25, -0.2) is 4.98 Å². The number of halogens is 1. The van der Waals surface area contributed by atoms with Gasteiger partial charge in [0.1, 0.15) is 5.75 Å². The molecule has 0 aliphatic carbocycles. The molecule has 0 unspecified atom stereocenters. The number of aryl methyl sites for hydroxylation is 2. The lowest BCUT2D eigenvalue weighted by Gasteiger charge is -2.19. The van der Waals surface area contributed by atoms with Gasteiger partial charge in [-0.2, -0.15) is 0 Å². The fourth-order valence-electron chi connectivity index (χ4n) is 3.14. The highest BCUT2D eigenvalue weighted by Gasteiger charge is 2.27. The molecule has 0 aliphatic rings. The van der Waals surface area contributed by atoms with Crippen LogP contribution in [0.5, 0.6) is 5.75 Å². The number of carbonyl (C=O) groups is 1. The predicted octanol–water partition coefficient (Wildman–Crippen LogP) is 3.35. The van der Waals surface area contributed by atoms with E-state index < -0.39 is 11.9 Å². The molecular weight excluding hydrogens is 446 g/mol. The van der Waals surface area contributed by atoms with Crippen molar-refractivity contribution in [3.63, 3.8) is 0 Å². The molecule has 9 heteroatoms. The van der Waals surface area contributed by atoms with E-state index >= 15 is 0 Å². The van der Waals surface area contributed by atoms with Gasteiger partial charge >= 0.3 is 5.97 Å². The average molecular weight is 466 g/mol. The van der Waals surface area contributed by atoms with Crippen LogP contribution in [-0.4, -0.2) is 32.7 Å². The van der Waals surface area contributed by atoms with Crippen LogP contribution in [0.3, 0.4) is 0 Å².